The first-order valence-corrected chi connectivity index (χ1v) is 6.60. The maximum Gasteiger partial charge on any atom is 0.272 e. The van der Waals surface area contributed by atoms with Gasteiger partial charge >= 0.3 is 0 Å². The van der Waals surface area contributed by atoms with Gasteiger partial charge < -0.3 is 5.21 Å². The molecule has 3 rings (SSSR count). The van der Waals surface area contributed by atoms with Gasteiger partial charge in [-0.1, -0.05) is 15.9 Å². The van der Waals surface area contributed by atoms with Gasteiger partial charge in [0, 0.05) is 10.5 Å². The van der Waals surface area contributed by atoms with Gasteiger partial charge in [-0.05, 0) is 36.4 Å². The number of hydrogen-bond acceptors (Lipinski definition) is 3. The highest BCUT2D eigenvalue weighted by atomic mass is 79.9. The van der Waals surface area contributed by atoms with Gasteiger partial charge in [-0.15, -0.1) is 0 Å². The Morgan fingerprint density at radius 1 is 1.15 bits per heavy atom. The number of nitrogens with zero attached hydrogens (tertiary/aromatic N) is 2. The average molecular weight is 327 g/mol. The molecular weight excluding hydrogens is 320 g/mol. The van der Waals surface area contributed by atoms with Gasteiger partial charge in [-0.25, -0.2) is 0 Å². The summed E-state index contributed by atoms with van der Waals surface area (Å²) in [5, 5.41) is 21.2. The Labute approximate surface area is 123 Å². The van der Waals surface area contributed by atoms with E-state index in [1.807, 2.05) is 6.07 Å². The Morgan fingerprint density at radius 3 is 2.50 bits per heavy atom. The third kappa shape index (κ3) is 1.82. The van der Waals surface area contributed by atoms with Crippen LogP contribution in [0.3, 0.4) is 0 Å². The zero-order chi connectivity index (χ0) is 14.3. The van der Waals surface area contributed by atoms with E-state index in [1.165, 1.54) is 18.2 Å². The second kappa shape index (κ2) is 4.58. The number of ketones is 1. The Kier molecular flexibility index (Phi) is 2.88. The van der Waals surface area contributed by atoms with Gasteiger partial charge in [0.25, 0.3) is 11.5 Å². The molecule has 4 nitrogen and oxygen atoms in total. The van der Waals surface area contributed by atoms with Crippen LogP contribution in [0.2, 0.25) is 0 Å². The lowest BCUT2D eigenvalue weighted by Crippen LogP contribution is -2.16. The minimum absolute atomic E-state index is 0.0857. The summed E-state index contributed by atoms with van der Waals surface area (Å²) in [6.45, 7) is 0. The summed E-state index contributed by atoms with van der Waals surface area (Å²) in [5.41, 5.74) is 1.56. The van der Waals surface area contributed by atoms with Crippen LogP contribution in [-0.2, 0) is 0 Å². The van der Waals surface area contributed by atoms with Crippen molar-refractivity contribution >= 4 is 33.1 Å². The molecule has 0 atom stereocenters. The van der Waals surface area contributed by atoms with Gasteiger partial charge in [0.1, 0.15) is 5.56 Å². The van der Waals surface area contributed by atoms with E-state index in [4.69, 9.17) is 5.26 Å². The van der Waals surface area contributed by atoms with Crippen LogP contribution in [0.1, 0.15) is 21.5 Å². The first kappa shape index (κ1) is 12.6. The largest absolute Gasteiger partial charge is 0.618 e. The first-order valence-electron chi connectivity index (χ1n) is 5.81. The molecule has 0 aromatic heterocycles. The van der Waals surface area contributed by atoms with Crippen LogP contribution in [0.15, 0.2) is 46.9 Å². The summed E-state index contributed by atoms with van der Waals surface area (Å²) in [6, 6.07) is 13.4. The standard InChI is InChI=1S/C15H7BrN2O2/c16-11-4-2-10(3-5-11)14-15(19)12-6-1-9(8-17)7-13(12)18(14)20/h1-7H. The number of carbonyl (C=O) groups excluding carboxylic acids is 1. The van der Waals surface area contributed by atoms with Crippen molar-refractivity contribution in [1.29, 1.82) is 5.26 Å². The molecule has 0 amide bonds. The lowest BCUT2D eigenvalue weighted by atomic mass is 10.0. The molecule has 2 aromatic carbocycles. The second-order valence-corrected chi connectivity index (χ2v) is 5.24. The summed E-state index contributed by atoms with van der Waals surface area (Å²) >= 11 is 3.31. The molecule has 0 saturated carbocycles. The van der Waals surface area contributed by atoms with Crippen molar-refractivity contribution in [3.05, 3.63) is 68.8 Å². The summed E-state index contributed by atoms with van der Waals surface area (Å²) in [6.07, 6.45) is 0. The Bertz CT molecular complexity index is 802. The fourth-order valence-electron chi connectivity index (χ4n) is 2.16. The van der Waals surface area contributed by atoms with Gasteiger partial charge in [0.15, 0.2) is 0 Å². The maximum absolute atomic E-state index is 12.3. The number of halogens is 1. The van der Waals surface area contributed by atoms with E-state index >= 15 is 0 Å². The van der Waals surface area contributed by atoms with Crippen molar-refractivity contribution in [1.82, 2.24) is 0 Å². The lowest BCUT2D eigenvalue weighted by molar-refractivity contribution is -0.355. The van der Waals surface area contributed by atoms with E-state index in [9.17, 15) is 10.0 Å². The zero-order valence-corrected chi connectivity index (χ0v) is 11.7. The molecular formula is C15H7BrN2O2. The van der Waals surface area contributed by atoms with Crippen molar-refractivity contribution in [2.45, 2.75) is 0 Å². The van der Waals surface area contributed by atoms with E-state index < -0.39 is 0 Å². The smallest absolute Gasteiger partial charge is 0.272 e. The third-order valence-electron chi connectivity index (χ3n) is 3.13. The molecule has 96 valence electrons. The molecule has 1 aliphatic rings. The molecule has 20 heavy (non-hydrogen) atoms. The molecule has 0 fully saturated rings. The summed E-state index contributed by atoms with van der Waals surface area (Å²) < 4.78 is 1.47. The van der Waals surface area contributed by atoms with Crippen molar-refractivity contribution in [2.75, 3.05) is 0 Å². The zero-order valence-electron chi connectivity index (χ0n) is 10.1. The van der Waals surface area contributed by atoms with Crippen LogP contribution in [-0.4, -0.2) is 16.2 Å². The topological polar surface area (TPSA) is 66.9 Å². The highest BCUT2D eigenvalue weighted by molar-refractivity contribution is 9.10. The third-order valence-corrected chi connectivity index (χ3v) is 3.65. The Hall–Kier alpha value is -2.45. The molecule has 0 N–H and O–H groups in total. The first-order chi connectivity index (χ1) is 9.61. The minimum atomic E-state index is -0.318. The molecule has 0 spiro atoms. The fraction of sp³-hybridized carbons (Fsp3) is 0. The minimum Gasteiger partial charge on any atom is -0.618 e. The van der Waals surface area contributed by atoms with Crippen molar-refractivity contribution in [3.8, 4) is 6.07 Å². The highest BCUT2D eigenvalue weighted by Gasteiger charge is 2.36. The van der Waals surface area contributed by atoms with Crippen molar-refractivity contribution in [3.63, 3.8) is 0 Å². The number of benzene rings is 2. The van der Waals surface area contributed by atoms with Crippen LogP contribution in [0, 0.1) is 16.5 Å². The van der Waals surface area contributed by atoms with Crippen LogP contribution >= 0.6 is 15.9 Å². The molecule has 0 bridgehead atoms. The van der Waals surface area contributed by atoms with Gasteiger partial charge in [-0.3, -0.25) is 4.79 Å². The number of fused-ring (bicyclic) bond motifs is 1. The van der Waals surface area contributed by atoms with E-state index in [2.05, 4.69) is 15.9 Å². The van der Waals surface area contributed by atoms with Gasteiger partial charge in [0.05, 0.1) is 17.2 Å². The van der Waals surface area contributed by atoms with E-state index in [1.54, 1.807) is 24.3 Å². The number of nitriles is 1. The van der Waals surface area contributed by atoms with Gasteiger partial charge in [0.2, 0.25) is 5.69 Å². The highest BCUT2D eigenvalue weighted by Crippen LogP contribution is 2.29. The normalized spacial score (nSPS) is 13.3. The van der Waals surface area contributed by atoms with E-state index in [0.29, 0.717) is 21.4 Å². The van der Waals surface area contributed by atoms with Crippen LogP contribution in [0.5, 0.6) is 0 Å². The second-order valence-electron chi connectivity index (χ2n) is 4.32. The summed E-state index contributed by atoms with van der Waals surface area (Å²) in [7, 11) is 0. The van der Waals surface area contributed by atoms with E-state index in [-0.39, 0.29) is 17.2 Å². The monoisotopic (exact) mass is 326 g/mol. The summed E-state index contributed by atoms with van der Waals surface area (Å²) in [4.78, 5) is 12.3. The fourth-order valence-corrected chi connectivity index (χ4v) is 2.42. The number of rotatable bonds is 1. The quantitative estimate of drug-likeness (QED) is 0.597. The average Bonchev–Trinajstić information content (AvgIpc) is 2.72. The molecule has 0 aliphatic carbocycles. The maximum atomic E-state index is 12.3. The predicted octanol–water partition coefficient (Wildman–Crippen LogP) is 3.15. The molecule has 0 radical (unpaired) electrons. The van der Waals surface area contributed by atoms with Crippen molar-refractivity contribution < 1.29 is 9.53 Å². The lowest BCUT2D eigenvalue weighted by Gasteiger charge is -2.02. The summed E-state index contributed by atoms with van der Waals surface area (Å²) in [5.74, 6) is -0.318. The molecule has 1 aliphatic heterocycles. The number of hydrogen-bond donors (Lipinski definition) is 0. The molecule has 5 heteroatoms. The van der Waals surface area contributed by atoms with Gasteiger partial charge in [-0.2, -0.15) is 10.0 Å². The van der Waals surface area contributed by atoms with Crippen LogP contribution in [0.4, 0.5) is 5.69 Å². The Balaban J connectivity index is 2.18. The molecule has 0 unspecified atom stereocenters. The van der Waals surface area contributed by atoms with Crippen molar-refractivity contribution in [2.24, 2.45) is 0 Å². The van der Waals surface area contributed by atoms with Crippen LogP contribution in [0.25, 0.3) is 0 Å². The Morgan fingerprint density at radius 2 is 1.85 bits per heavy atom. The number of carbonyl (C=O) groups is 1. The van der Waals surface area contributed by atoms with Crippen LogP contribution < -0.4 is 0 Å². The molecule has 2 aromatic rings. The SMILES string of the molecule is N#Cc1ccc2c(c1)[N+]([O-])=C(c1ccc(Br)cc1)C2=O. The predicted molar refractivity (Wildman–Crippen MR) is 77.0 cm³/mol. The number of Topliss-reactive ketones (excluding diaryl/α,β-unsaturated/α-hetero) is 1. The molecule has 0 saturated heterocycles. The molecule has 1 heterocycles. The van der Waals surface area contributed by atoms with E-state index in [0.717, 1.165) is 4.47 Å².